The molecular formula is C18H17BrN2O3. The van der Waals surface area contributed by atoms with E-state index in [9.17, 15) is 9.59 Å². The Kier molecular flexibility index (Phi) is 3.53. The standard InChI is InChI=1S/C18H17BrN2O3/c1-9-6-7-10(8-11(9)19)14-15-12(4-3-5-13(15)22)20-17-16(14)18(23)24-21(17)2/h6-8,14,20H,3-5H2,1-2H3. The highest BCUT2D eigenvalue weighted by Gasteiger charge is 2.39. The van der Waals surface area contributed by atoms with Crippen molar-refractivity contribution in [1.29, 1.82) is 0 Å². The number of anilines is 1. The first kappa shape index (κ1) is 15.4. The summed E-state index contributed by atoms with van der Waals surface area (Å²) in [6.07, 6.45) is 2.16. The lowest BCUT2D eigenvalue weighted by Crippen LogP contribution is -2.29. The van der Waals surface area contributed by atoms with Gasteiger partial charge in [-0.1, -0.05) is 28.1 Å². The molecule has 0 amide bonds. The van der Waals surface area contributed by atoms with Crippen molar-refractivity contribution in [3.05, 3.63) is 61.1 Å². The molecular weight excluding hydrogens is 372 g/mol. The van der Waals surface area contributed by atoms with Crippen LogP contribution < -0.4 is 10.9 Å². The number of rotatable bonds is 1. The summed E-state index contributed by atoms with van der Waals surface area (Å²) in [5.74, 6) is 0.382. The number of fused-ring (bicyclic) bond motifs is 1. The first-order valence-corrected chi connectivity index (χ1v) is 8.76. The topological polar surface area (TPSA) is 64.2 Å². The van der Waals surface area contributed by atoms with Crippen LogP contribution in [0.25, 0.3) is 0 Å². The summed E-state index contributed by atoms with van der Waals surface area (Å²) < 4.78 is 7.68. The number of Topliss-reactive ketones (excluding diaryl/α,β-unsaturated/α-hetero) is 1. The second-order valence-electron chi connectivity index (χ2n) is 6.37. The van der Waals surface area contributed by atoms with Crippen molar-refractivity contribution in [3.63, 3.8) is 0 Å². The van der Waals surface area contributed by atoms with Gasteiger partial charge >= 0.3 is 5.63 Å². The molecule has 2 aliphatic rings. The number of carbonyl (C=O) groups excluding carboxylic acids is 1. The van der Waals surface area contributed by atoms with Gasteiger partial charge in [0.05, 0.1) is 11.5 Å². The van der Waals surface area contributed by atoms with Crippen molar-refractivity contribution in [2.45, 2.75) is 32.1 Å². The minimum absolute atomic E-state index is 0.111. The Hall–Kier alpha value is -2.08. The molecule has 5 nitrogen and oxygen atoms in total. The SMILES string of the molecule is Cc1ccc(C2C3=C(CCCC3=O)Nc3c2c(=O)on3C)cc1Br. The van der Waals surface area contributed by atoms with Crippen LogP contribution in [0.1, 0.15) is 41.9 Å². The van der Waals surface area contributed by atoms with Gasteiger partial charge in [0, 0.05) is 29.2 Å². The zero-order valence-corrected chi connectivity index (χ0v) is 15.1. The van der Waals surface area contributed by atoms with Gasteiger partial charge in [0.1, 0.15) is 0 Å². The fourth-order valence-electron chi connectivity index (χ4n) is 3.62. The van der Waals surface area contributed by atoms with Gasteiger partial charge in [-0.3, -0.25) is 4.79 Å². The van der Waals surface area contributed by atoms with Crippen LogP contribution in [-0.4, -0.2) is 10.5 Å². The number of halogens is 1. The Balaban J connectivity index is 2.00. The van der Waals surface area contributed by atoms with Crippen molar-refractivity contribution in [3.8, 4) is 0 Å². The number of carbonyl (C=O) groups is 1. The average Bonchev–Trinajstić information content (AvgIpc) is 2.83. The van der Waals surface area contributed by atoms with Crippen LogP contribution in [0.4, 0.5) is 5.82 Å². The Bertz CT molecular complexity index is 952. The summed E-state index contributed by atoms with van der Waals surface area (Å²) in [6, 6.07) is 5.98. The molecule has 0 bridgehead atoms. The Morgan fingerprint density at radius 1 is 1.29 bits per heavy atom. The van der Waals surface area contributed by atoms with E-state index >= 15 is 0 Å². The lowest BCUT2D eigenvalue weighted by atomic mass is 9.77. The van der Waals surface area contributed by atoms with Gasteiger partial charge in [-0.2, -0.15) is 4.74 Å². The molecule has 1 unspecified atom stereocenters. The number of benzene rings is 1. The third kappa shape index (κ3) is 2.20. The maximum atomic E-state index is 12.6. The number of allylic oxidation sites excluding steroid dienone is 2. The Morgan fingerprint density at radius 3 is 2.83 bits per heavy atom. The highest BCUT2D eigenvalue weighted by atomic mass is 79.9. The van der Waals surface area contributed by atoms with E-state index in [2.05, 4.69) is 21.2 Å². The molecule has 0 fully saturated rings. The van der Waals surface area contributed by atoms with Crippen LogP contribution in [0, 0.1) is 6.92 Å². The molecule has 0 radical (unpaired) electrons. The van der Waals surface area contributed by atoms with Gasteiger partial charge in [-0.05, 0) is 37.0 Å². The number of ketones is 1. The van der Waals surface area contributed by atoms with Crippen molar-refractivity contribution in [1.82, 2.24) is 4.74 Å². The molecule has 24 heavy (non-hydrogen) atoms. The van der Waals surface area contributed by atoms with Crippen LogP contribution in [0.5, 0.6) is 0 Å². The third-order valence-electron chi connectivity index (χ3n) is 4.84. The van der Waals surface area contributed by atoms with Gasteiger partial charge < -0.3 is 9.84 Å². The predicted octanol–water partition coefficient (Wildman–Crippen LogP) is 3.61. The van der Waals surface area contributed by atoms with Crippen LogP contribution in [0.15, 0.2) is 43.3 Å². The molecule has 1 N–H and O–H groups in total. The number of hydrogen-bond donors (Lipinski definition) is 1. The molecule has 1 aromatic heterocycles. The molecule has 2 heterocycles. The van der Waals surface area contributed by atoms with Crippen LogP contribution in [0.2, 0.25) is 0 Å². The normalized spacial score (nSPS) is 19.8. The van der Waals surface area contributed by atoms with Gasteiger partial charge in [-0.25, -0.2) is 4.79 Å². The summed E-state index contributed by atoms with van der Waals surface area (Å²) in [5.41, 5.74) is 3.78. The quantitative estimate of drug-likeness (QED) is 0.810. The fourth-order valence-corrected chi connectivity index (χ4v) is 4.02. The zero-order valence-electron chi connectivity index (χ0n) is 13.5. The predicted molar refractivity (Wildman–Crippen MR) is 94.2 cm³/mol. The van der Waals surface area contributed by atoms with E-state index in [-0.39, 0.29) is 11.7 Å². The average molecular weight is 389 g/mol. The minimum atomic E-state index is -0.397. The second kappa shape index (κ2) is 5.48. The first-order chi connectivity index (χ1) is 11.5. The van der Waals surface area contributed by atoms with Crippen molar-refractivity contribution in [2.75, 3.05) is 5.32 Å². The molecule has 4 rings (SSSR count). The van der Waals surface area contributed by atoms with Crippen LogP contribution in [-0.2, 0) is 11.8 Å². The molecule has 1 aromatic carbocycles. The number of aryl methyl sites for hydroxylation is 2. The maximum absolute atomic E-state index is 12.6. The molecule has 124 valence electrons. The monoisotopic (exact) mass is 388 g/mol. The Morgan fingerprint density at radius 2 is 2.08 bits per heavy atom. The van der Waals surface area contributed by atoms with Gasteiger partial charge in [-0.15, -0.1) is 0 Å². The fraction of sp³-hybridized carbons (Fsp3) is 0.333. The summed E-state index contributed by atoms with van der Waals surface area (Å²) in [6.45, 7) is 2.01. The lowest BCUT2D eigenvalue weighted by molar-refractivity contribution is -0.116. The third-order valence-corrected chi connectivity index (χ3v) is 5.70. The lowest BCUT2D eigenvalue weighted by Gasteiger charge is -2.31. The van der Waals surface area contributed by atoms with Gasteiger partial charge in [0.15, 0.2) is 11.6 Å². The van der Waals surface area contributed by atoms with E-state index < -0.39 is 5.63 Å². The van der Waals surface area contributed by atoms with Crippen molar-refractivity contribution < 1.29 is 9.32 Å². The number of hydrogen-bond acceptors (Lipinski definition) is 4. The second-order valence-corrected chi connectivity index (χ2v) is 7.23. The molecule has 1 atom stereocenters. The molecule has 2 aromatic rings. The highest BCUT2D eigenvalue weighted by Crippen LogP contribution is 2.44. The van der Waals surface area contributed by atoms with Crippen molar-refractivity contribution in [2.24, 2.45) is 7.05 Å². The number of aromatic nitrogens is 1. The first-order valence-electron chi connectivity index (χ1n) is 7.97. The minimum Gasteiger partial charge on any atom is -0.342 e. The van der Waals surface area contributed by atoms with E-state index in [1.807, 2.05) is 25.1 Å². The van der Waals surface area contributed by atoms with Crippen LogP contribution in [0.3, 0.4) is 0 Å². The van der Waals surface area contributed by atoms with Gasteiger partial charge in [0.25, 0.3) is 0 Å². The van der Waals surface area contributed by atoms with Gasteiger partial charge in [0.2, 0.25) is 0 Å². The highest BCUT2D eigenvalue weighted by molar-refractivity contribution is 9.10. The van der Waals surface area contributed by atoms with Crippen molar-refractivity contribution >= 4 is 27.5 Å². The zero-order chi connectivity index (χ0) is 17.0. The maximum Gasteiger partial charge on any atom is 0.363 e. The molecule has 0 saturated carbocycles. The van der Waals surface area contributed by atoms with Crippen LogP contribution >= 0.6 is 15.9 Å². The van der Waals surface area contributed by atoms with E-state index in [4.69, 9.17) is 4.52 Å². The molecule has 1 aliphatic carbocycles. The largest absolute Gasteiger partial charge is 0.363 e. The summed E-state index contributed by atoms with van der Waals surface area (Å²) in [5, 5.41) is 3.26. The van der Waals surface area contributed by atoms with E-state index in [1.165, 1.54) is 4.74 Å². The molecule has 0 spiro atoms. The summed E-state index contributed by atoms with van der Waals surface area (Å²) in [7, 11) is 1.70. The Labute approximate surface area is 147 Å². The summed E-state index contributed by atoms with van der Waals surface area (Å²) >= 11 is 3.56. The number of nitrogens with zero attached hydrogens (tertiary/aromatic N) is 1. The molecule has 6 heteroatoms. The molecule has 0 saturated heterocycles. The van der Waals surface area contributed by atoms with E-state index in [1.54, 1.807) is 7.05 Å². The van der Waals surface area contributed by atoms with E-state index in [0.29, 0.717) is 23.4 Å². The smallest absolute Gasteiger partial charge is 0.342 e. The molecule has 1 aliphatic heterocycles. The van der Waals surface area contributed by atoms with E-state index in [0.717, 1.165) is 34.1 Å². The number of nitrogens with one attached hydrogen (secondary N) is 1. The summed E-state index contributed by atoms with van der Waals surface area (Å²) in [4.78, 5) is 25.1.